The first-order chi connectivity index (χ1) is 11.6. The van der Waals surface area contributed by atoms with E-state index in [4.69, 9.17) is 16.7 Å². The molecular weight excluding hydrogens is 344 g/mol. The summed E-state index contributed by atoms with van der Waals surface area (Å²) in [5, 5.41) is 11.9. The van der Waals surface area contributed by atoms with Gasteiger partial charge < -0.3 is 15.3 Å². The molecule has 0 heterocycles. The highest BCUT2D eigenvalue weighted by molar-refractivity contribution is 6.34. The van der Waals surface area contributed by atoms with Gasteiger partial charge in [0, 0.05) is 24.7 Å². The lowest BCUT2D eigenvalue weighted by atomic mass is 10.1. The molecule has 0 saturated heterocycles. The summed E-state index contributed by atoms with van der Waals surface area (Å²) < 4.78 is 0. The summed E-state index contributed by atoms with van der Waals surface area (Å²) in [6.45, 7) is 7.96. The largest absolute Gasteiger partial charge is 0.481 e. The van der Waals surface area contributed by atoms with Gasteiger partial charge in [-0.2, -0.15) is 0 Å². The minimum Gasteiger partial charge on any atom is -0.481 e. The Labute approximate surface area is 153 Å². The van der Waals surface area contributed by atoms with Crippen LogP contribution in [-0.2, 0) is 9.59 Å². The molecule has 0 atom stereocenters. The Kier molecular flexibility index (Phi) is 7.90. The monoisotopic (exact) mass is 368 g/mol. The van der Waals surface area contributed by atoms with E-state index >= 15 is 0 Å². The second kappa shape index (κ2) is 9.42. The third-order valence-electron chi connectivity index (χ3n) is 3.46. The molecule has 2 amide bonds. The first-order valence-electron chi connectivity index (χ1n) is 8.23. The predicted octanol–water partition coefficient (Wildman–Crippen LogP) is 3.51. The van der Waals surface area contributed by atoms with Crippen LogP contribution in [0.2, 0.25) is 5.02 Å². The van der Waals surface area contributed by atoms with Crippen molar-refractivity contribution in [3.63, 3.8) is 0 Å². The molecule has 6 nitrogen and oxygen atoms in total. The van der Waals surface area contributed by atoms with Crippen LogP contribution in [0.4, 0.5) is 5.69 Å². The van der Waals surface area contributed by atoms with Crippen molar-refractivity contribution in [1.29, 1.82) is 0 Å². The molecule has 25 heavy (non-hydrogen) atoms. The third kappa shape index (κ3) is 6.74. The normalized spacial score (nSPS) is 10.8. The van der Waals surface area contributed by atoms with Gasteiger partial charge in [0.05, 0.1) is 17.0 Å². The fraction of sp³-hybridized carbons (Fsp3) is 0.500. The van der Waals surface area contributed by atoms with Crippen LogP contribution in [0.1, 0.15) is 44.5 Å². The van der Waals surface area contributed by atoms with Crippen molar-refractivity contribution in [2.75, 3.05) is 18.4 Å². The number of hydrogen-bond acceptors (Lipinski definition) is 3. The van der Waals surface area contributed by atoms with Gasteiger partial charge in [-0.05, 0) is 24.1 Å². The Hall–Kier alpha value is -2.08. The number of amides is 2. The highest BCUT2D eigenvalue weighted by Gasteiger charge is 2.21. The summed E-state index contributed by atoms with van der Waals surface area (Å²) in [5.74, 6) is -1.49. The van der Waals surface area contributed by atoms with Crippen molar-refractivity contribution in [3.8, 4) is 0 Å². The molecule has 0 saturated carbocycles. The van der Waals surface area contributed by atoms with E-state index in [1.807, 2.05) is 13.8 Å². The number of hydrogen-bond donors (Lipinski definition) is 2. The van der Waals surface area contributed by atoms with Gasteiger partial charge in [0.1, 0.15) is 0 Å². The number of aliphatic carboxylic acids is 1. The van der Waals surface area contributed by atoms with Crippen LogP contribution in [0.15, 0.2) is 18.2 Å². The Balaban J connectivity index is 3.06. The minimum atomic E-state index is -0.967. The van der Waals surface area contributed by atoms with Crippen LogP contribution < -0.4 is 5.32 Å². The number of carbonyl (C=O) groups excluding carboxylic acids is 2. The number of anilines is 1. The van der Waals surface area contributed by atoms with Gasteiger partial charge in [0.25, 0.3) is 5.91 Å². The maximum atomic E-state index is 12.8. The molecule has 0 aromatic heterocycles. The lowest BCUT2D eigenvalue weighted by Gasteiger charge is -2.24. The number of nitrogens with zero attached hydrogens (tertiary/aromatic N) is 1. The number of carbonyl (C=O) groups is 3. The maximum absolute atomic E-state index is 12.8. The summed E-state index contributed by atoms with van der Waals surface area (Å²) in [4.78, 5) is 37.0. The summed E-state index contributed by atoms with van der Waals surface area (Å²) in [7, 11) is 0. The topological polar surface area (TPSA) is 86.7 Å². The van der Waals surface area contributed by atoms with Gasteiger partial charge in [-0.1, -0.05) is 39.3 Å². The average Bonchev–Trinajstić information content (AvgIpc) is 2.51. The van der Waals surface area contributed by atoms with Gasteiger partial charge in [-0.3, -0.25) is 14.4 Å². The molecule has 0 fully saturated rings. The van der Waals surface area contributed by atoms with Crippen molar-refractivity contribution < 1.29 is 19.5 Å². The van der Waals surface area contributed by atoms with E-state index in [2.05, 4.69) is 5.32 Å². The van der Waals surface area contributed by atoms with Crippen molar-refractivity contribution in [2.24, 2.45) is 11.8 Å². The van der Waals surface area contributed by atoms with Crippen molar-refractivity contribution in [3.05, 3.63) is 28.8 Å². The molecular formula is C18H25ClN2O4. The highest BCUT2D eigenvalue weighted by Crippen LogP contribution is 2.23. The van der Waals surface area contributed by atoms with E-state index in [-0.39, 0.29) is 47.2 Å². The van der Waals surface area contributed by atoms with E-state index in [9.17, 15) is 14.4 Å². The van der Waals surface area contributed by atoms with E-state index in [0.29, 0.717) is 12.2 Å². The molecule has 138 valence electrons. The van der Waals surface area contributed by atoms with Gasteiger partial charge in [0.2, 0.25) is 5.91 Å². The first-order valence-corrected chi connectivity index (χ1v) is 8.61. The standard InChI is InChI=1S/C18H25ClN2O4/c1-11(2)10-21(8-7-16(22)23)18(25)14-9-13(5-6-15(14)19)20-17(24)12(3)4/h5-6,9,11-12H,7-8,10H2,1-4H3,(H,20,24)(H,22,23). The highest BCUT2D eigenvalue weighted by atomic mass is 35.5. The molecule has 2 N–H and O–H groups in total. The van der Waals surface area contributed by atoms with Crippen LogP contribution in [0, 0.1) is 11.8 Å². The Morgan fingerprint density at radius 2 is 1.84 bits per heavy atom. The van der Waals surface area contributed by atoms with E-state index in [1.54, 1.807) is 26.0 Å². The van der Waals surface area contributed by atoms with E-state index < -0.39 is 5.97 Å². The summed E-state index contributed by atoms with van der Waals surface area (Å²) in [6, 6.07) is 4.71. The molecule has 1 rings (SSSR count). The summed E-state index contributed by atoms with van der Waals surface area (Å²) in [6.07, 6.45) is -0.139. The van der Waals surface area contributed by atoms with Gasteiger partial charge >= 0.3 is 5.97 Å². The number of halogens is 1. The van der Waals surface area contributed by atoms with E-state index in [1.165, 1.54) is 11.0 Å². The average molecular weight is 369 g/mol. The lowest BCUT2D eigenvalue weighted by Crippen LogP contribution is -2.36. The first kappa shape index (κ1) is 21.0. The van der Waals surface area contributed by atoms with Crippen LogP contribution in [0.3, 0.4) is 0 Å². The molecule has 0 aliphatic carbocycles. The fourth-order valence-electron chi connectivity index (χ4n) is 2.17. The molecule has 0 unspecified atom stereocenters. The fourth-order valence-corrected chi connectivity index (χ4v) is 2.37. The van der Waals surface area contributed by atoms with E-state index in [0.717, 1.165) is 0 Å². The van der Waals surface area contributed by atoms with Crippen LogP contribution in [-0.4, -0.2) is 40.9 Å². The molecule has 0 bridgehead atoms. The molecule has 0 spiro atoms. The number of carboxylic acid groups (broad SMARTS) is 1. The Bertz CT molecular complexity index is 644. The Morgan fingerprint density at radius 1 is 1.20 bits per heavy atom. The van der Waals surface area contributed by atoms with Crippen molar-refractivity contribution >= 4 is 35.1 Å². The van der Waals surface area contributed by atoms with Gasteiger partial charge in [-0.25, -0.2) is 0 Å². The van der Waals surface area contributed by atoms with Crippen LogP contribution >= 0.6 is 11.6 Å². The maximum Gasteiger partial charge on any atom is 0.305 e. The van der Waals surface area contributed by atoms with Gasteiger partial charge in [-0.15, -0.1) is 0 Å². The zero-order valence-electron chi connectivity index (χ0n) is 15.0. The lowest BCUT2D eigenvalue weighted by molar-refractivity contribution is -0.137. The number of nitrogens with one attached hydrogen (secondary N) is 1. The van der Waals surface area contributed by atoms with Crippen LogP contribution in [0.5, 0.6) is 0 Å². The third-order valence-corrected chi connectivity index (χ3v) is 3.79. The number of carboxylic acids is 1. The molecule has 1 aromatic rings. The molecule has 0 aliphatic rings. The molecule has 1 aromatic carbocycles. The smallest absolute Gasteiger partial charge is 0.305 e. The molecule has 0 radical (unpaired) electrons. The summed E-state index contributed by atoms with van der Waals surface area (Å²) in [5.41, 5.74) is 0.725. The number of benzene rings is 1. The minimum absolute atomic E-state index is 0.102. The molecule has 7 heteroatoms. The van der Waals surface area contributed by atoms with Crippen molar-refractivity contribution in [2.45, 2.75) is 34.1 Å². The van der Waals surface area contributed by atoms with Crippen molar-refractivity contribution in [1.82, 2.24) is 4.90 Å². The zero-order chi connectivity index (χ0) is 19.1. The van der Waals surface area contributed by atoms with Gasteiger partial charge in [0.15, 0.2) is 0 Å². The summed E-state index contributed by atoms with van der Waals surface area (Å²) >= 11 is 6.16. The quantitative estimate of drug-likeness (QED) is 0.735. The molecule has 0 aliphatic heterocycles. The second-order valence-corrected chi connectivity index (χ2v) is 7.03. The second-order valence-electron chi connectivity index (χ2n) is 6.63. The predicted molar refractivity (Wildman–Crippen MR) is 97.9 cm³/mol. The SMILES string of the molecule is CC(C)CN(CCC(=O)O)C(=O)c1cc(NC(=O)C(C)C)ccc1Cl. The number of rotatable bonds is 8. The zero-order valence-corrected chi connectivity index (χ0v) is 15.8. The van der Waals surface area contributed by atoms with Crippen LogP contribution in [0.25, 0.3) is 0 Å². The Morgan fingerprint density at radius 3 is 2.36 bits per heavy atom.